The second-order valence-electron chi connectivity index (χ2n) is 6.88. The Morgan fingerprint density at radius 2 is 1.96 bits per heavy atom. The first-order chi connectivity index (χ1) is 12.5. The number of nitrogens with one attached hydrogen (secondary N) is 1. The molecule has 1 heterocycles. The largest absolute Gasteiger partial charge is 0.355 e. The molecule has 1 aliphatic rings. The Morgan fingerprint density at radius 1 is 1.27 bits per heavy atom. The van der Waals surface area contributed by atoms with Crippen LogP contribution in [-0.4, -0.2) is 32.5 Å². The van der Waals surface area contributed by atoms with Crippen LogP contribution in [0.5, 0.6) is 0 Å². The number of thioether (sulfide) groups is 1. The van der Waals surface area contributed by atoms with Gasteiger partial charge in [-0.25, -0.2) is 4.39 Å². The van der Waals surface area contributed by atoms with E-state index < -0.39 is 0 Å². The summed E-state index contributed by atoms with van der Waals surface area (Å²) in [4.78, 5) is 12.4. The fourth-order valence-corrected chi connectivity index (χ4v) is 4.10. The zero-order chi connectivity index (χ0) is 18.5. The van der Waals surface area contributed by atoms with Crippen LogP contribution in [0.1, 0.15) is 39.0 Å². The van der Waals surface area contributed by atoms with E-state index in [9.17, 15) is 9.18 Å². The number of rotatable bonds is 6. The van der Waals surface area contributed by atoms with Crippen LogP contribution in [-0.2, 0) is 11.8 Å². The third-order valence-corrected chi connectivity index (χ3v) is 6.01. The molecule has 0 bridgehead atoms. The molecule has 1 N–H and O–H groups in total. The summed E-state index contributed by atoms with van der Waals surface area (Å²) < 4.78 is 14.9. The molecule has 1 aromatic carbocycles. The summed E-state index contributed by atoms with van der Waals surface area (Å²) in [6, 6.07) is 6.15. The topological polar surface area (TPSA) is 59.8 Å². The summed E-state index contributed by atoms with van der Waals surface area (Å²) in [5.41, 5.74) is 0.794. The van der Waals surface area contributed by atoms with E-state index in [1.807, 2.05) is 18.5 Å². The minimum Gasteiger partial charge on any atom is -0.355 e. The van der Waals surface area contributed by atoms with Gasteiger partial charge in [0.15, 0.2) is 11.0 Å². The van der Waals surface area contributed by atoms with E-state index in [-0.39, 0.29) is 17.0 Å². The van der Waals surface area contributed by atoms with Crippen molar-refractivity contribution in [2.45, 2.75) is 49.4 Å². The van der Waals surface area contributed by atoms with Crippen LogP contribution in [0, 0.1) is 11.7 Å². The van der Waals surface area contributed by atoms with Gasteiger partial charge in [-0.05, 0) is 49.9 Å². The third kappa shape index (κ3) is 4.63. The van der Waals surface area contributed by atoms with Crippen molar-refractivity contribution in [3.8, 4) is 11.4 Å². The smallest absolute Gasteiger partial charge is 0.233 e. The predicted octanol–water partition coefficient (Wildman–Crippen LogP) is 3.80. The van der Waals surface area contributed by atoms with Crippen LogP contribution in [0.2, 0.25) is 0 Å². The highest BCUT2D eigenvalue weighted by atomic mass is 32.2. The van der Waals surface area contributed by atoms with Crippen LogP contribution in [0.4, 0.5) is 4.39 Å². The quantitative estimate of drug-likeness (QED) is 0.779. The van der Waals surface area contributed by atoms with Gasteiger partial charge in [-0.15, -0.1) is 10.2 Å². The first-order valence-electron chi connectivity index (χ1n) is 9.14. The number of hydrogen-bond donors (Lipinski definition) is 1. The van der Waals surface area contributed by atoms with E-state index in [1.54, 1.807) is 12.1 Å². The lowest BCUT2D eigenvalue weighted by Crippen LogP contribution is -2.35. The Bertz CT molecular complexity index is 740. The molecule has 1 saturated carbocycles. The lowest BCUT2D eigenvalue weighted by Gasteiger charge is -2.22. The molecule has 140 valence electrons. The summed E-state index contributed by atoms with van der Waals surface area (Å²) in [6.07, 6.45) is 6.30. The molecule has 3 rings (SSSR count). The van der Waals surface area contributed by atoms with Crippen LogP contribution in [0.15, 0.2) is 29.4 Å². The maximum Gasteiger partial charge on any atom is 0.233 e. The maximum atomic E-state index is 13.1. The van der Waals surface area contributed by atoms with E-state index in [4.69, 9.17) is 0 Å². The highest BCUT2D eigenvalue weighted by molar-refractivity contribution is 8.00. The minimum absolute atomic E-state index is 0.0342. The van der Waals surface area contributed by atoms with Crippen LogP contribution >= 0.6 is 11.8 Å². The van der Waals surface area contributed by atoms with Gasteiger partial charge < -0.3 is 9.88 Å². The number of carbonyl (C=O) groups is 1. The minimum atomic E-state index is -0.284. The predicted molar refractivity (Wildman–Crippen MR) is 101 cm³/mol. The van der Waals surface area contributed by atoms with Crippen molar-refractivity contribution in [1.29, 1.82) is 0 Å². The molecular weight excluding hydrogens is 351 g/mol. The van der Waals surface area contributed by atoms with Crippen LogP contribution < -0.4 is 5.32 Å². The average molecular weight is 377 g/mol. The summed E-state index contributed by atoms with van der Waals surface area (Å²) >= 11 is 1.39. The molecule has 1 aromatic heterocycles. The molecule has 1 fully saturated rings. The van der Waals surface area contributed by atoms with Crippen molar-refractivity contribution in [1.82, 2.24) is 20.1 Å². The molecule has 1 aliphatic carbocycles. The molecule has 5 nitrogen and oxygen atoms in total. The van der Waals surface area contributed by atoms with E-state index in [1.165, 1.54) is 56.0 Å². The molecule has 2 aromatic rings. The van der Waals surface area contributed by atoms with E-state index >= 15 is 0 Å². The highest BCUT2D eigenvalue weighted by Crippen LogP contribution is 2.26. The molecule has 1 amide bonds. The lowest BCUT2D eigenvalue weighted by atomic mass is 9.89. The normalized spacial score (nSPS) is 16.4. The standard InChI is InChI=1S/C19H25FN4OS/c1-13(18(25)21-12-14-6-4-3-5-7-14)26-19-23-22-17(24(19)2)15-8-10-16(20)11-9-15/h8-11,13-14H,3-7,12H2,1-2H3,(H,21,25)/t13-/m1/s1. The molecule has 26 heavy (non-hydrogen) atoms. The summed E-state index contributed by atoms with van der Waals surface area (Å²) in [5.74, 6) is 1.02. The zero-order valence-electron chi connectivity index (χ0n) is 15.2. The Balaban J connectivity index is 1.57. The number of amides is 1. The average Bonchev–Trinajstić information content (AvgIpc) is 3.01. The van der Waals surface area contributed by atoms with Gasteiger partial charge >= 0.3 is 0 Å². The summed E-state index contributed by atoms with van der Waals surface area (Å²) in [7, 11) is 1.85. The molecule has 0 saturated heterocycles. The maximum absolute atomic E-state index is 13.1. The molecule has 1 atom stereocenters. The number of nitrogens with zero attached hydrogens (tertiary/aromatic N) is 3. The third-order valence-electron chi connectivity index (χ3n) is 4.88. The van der Waals surface area contributed by atoms with Gasteiger partial charge in [0.1, 0.15) is 5.82 Å². The van der Waals surface area contributed by atoms with Crippen molar-refractivity contribution in [3.63, 3.8) is 0 Å². The van der Waals surface area contributed by atoms with Crippen LogP contribution in [0.3, 0.4) is 0 Å². The number of carbonyl (C=O) groups excluding carboxylic acids is 1. The van der Waals surface area contributed by atoms with Gasteiger partial charge in [-0.1, -0.05) is 31.0 Å². The lowest BCUT2D eigenvalue weighted by molar-refractivity contribution is -0.120. The molecule has 0 unspecified atom stereocenters. The Morgan fingerprint density at radius 3 is 2.65 bits per heavy atom. The van der Waals surface area contributed by atoms with Gasteiger partial charge in [0.05, 0.1) is 5.25 Å². The van der Waals surface area contributed by atoms with Crippen molar-refractivity contribution in [3.05, 3.63) is 30.1 Å². The van der Waals surface area contributed by atoms with Crippen molar-refractivity contribution in [2.75, 3.05) is 6.54 Å². The molecule has 0 radical (unpaired) electrons. The highest BCUT2D eigenvalue weighted by Gasteiger charge is 2.21. The SMILES string of the molecule is C[C@@H](Sc1nnc(-c2ccc(F)cc2)n1C)C(=O)NCC1CCCCC1. The van der Waals surface area contributed by atoms with Gasteiger partial charge in [0, 0.05) is 19.2 Å². The molecule has 0 aliphatic heterocycles. The van der Waals surface area contributed by atoms with E-state index in [2.05, 4.69) is 15.5 Å². The first kappa shape index (κ1) is 18.9. The summed E-state index contributed by atoms with van der Waals surface area (Å²) in [5, 5.41) is 11.9. The van der Waals surface area contributed by atoms with Crippen molar-refractivity contribution < 1.29 is 9.18 Å². The molecule has 7 heteroatoms. The van der Waals surface area contributed by atoms with Gasteiger partial charge in [0.2, 0.25) is 5.91 Å². The fraction of sp³-hybridized carbons (Fsp3) is 0.526. The van der Waals surface area contributed by atoms with Gasteiger partial charge in [0.25, 0.3) is 0 Å². The van der Waals surface area contributed by atoms with Crippen LogP contribution in [0.25, 0.3) is 11.4 Å². The van der Waals surface area contributed by atoms with E-state index in [0.29, 0.717) is 16.9 Å². The Hall–Kier alpha value is -1.89. The summed E-state index contributed by atoms with van der Waals surface area (Å²) in [6.45, 7) is 2.65. The van der Waals surface area contributed by atoms with E-state index in [0.717, 1.165) is 12.1 Å². The number of aromatic nitrogens is 3. The van der Waals surface area contributed by atoms with Gasteiger partial charge in [-0.2, -0.15) is 0 Å². The number of halogens is 1. The zero-order valence-corrected chi connectivity index (χ0v) is 16.1. The Kier molecular flexibility index (Phi) is 6.29. The molecule has 0 spiro atoms. The fourth-order valence-electron chi connectivity index (χ4n) is 3.26. The second-order valence-corrected chi connectivity index (χ2v) is 8.19. The van der Waals surface area contributed by atoms with Crippen molar-refractivity contribution in [2.24, 2.45) is 13.0 Å². The molecular formula is C19H25FN4OS. The number of benzene rings is 1. The van der Waals surface area contributed by atoms with Crippen molar-refractivity contribution >= 4 is 17.7 Å². The number of hydrogen-bond acceptors (Lipinski definition) is 4. The first-order valence-corrected chi connectivity index (χ1v) is 10.0. The Labute approximate surface area is 157 Å². The second kappa shape index (κ2) is 8.66. The van der Waals surface area contributed by atoms with Gasteiger partial charge in [-0.3, -0.25) is 4.79 Å². The monoisotopic (exact) mass is 376 g/mol.